The van der Waals surface area contributed by atoms with Gasteiger partial charge in [-0.05, 0) is 36.6 Å². The molecule has 8 nitrogen and oxygen atoms in total. The van der Waals surface area contributed by atoms with Crippen molar-refractivity contribution in [1.29, 1.82) is 0 Å². The van der Waals surface area contributed by atoms with Crippen molar-refractivity contribution in [3.05, 3.63) is 70.7 Å². The van der Waals surface area contributed by atoms with Gasteiger partial charge in [-0.3, -0.25) is 4.79 Å². The Labute approximate surface area is 199 Å². The monoisotopic (exact) mass is 527 g/mol. The van der Waals surface area contributed by atoms with E-state index in [1.54, 1.807) is 24.4 Å². The van der Waals surface area contributed by atoms with E-state index in [1.165, 1.54) is 4.31 Å². The van der Waals surface area contributed by atoms with Gasteiger partial charge >= 0.3 is 0 Å². The van der Waals surface area contributed by atoms with Crippen LogP contribution in [0.25, 0.3) is 22.2 Å². The summed E-state index contributed by atoms with van der Waals surface area (Å²) in [4.78, 5) is 23.7. The fraction of sp³-hybridized carbons (Fsp3) is 0.217. The molecule has 0 aliphatic carbocycles. The second-order valence-electron chi connectivity index (χ2n) is 7.92. The van der Waals surface area contributed by atoms with E-state index < -0.39 is 15.9 Å². The van der Waals surface area contributed by atoms with Gasteiger partial charge in [0.1, 0.15) is 16.4 Å². The van der Waals surface area contributed by atoms with Crippen LogP contribution in [0.2, 0.25) is 0 Å². The molecule has 4 aromatic rings. The molecule has 0 saturated carbocycles. The summed E-state index contributed by atoms with van der Waals surface area (Å²) in [6.45, 7) is 1.05. The molecule has 0 unspecified atom stereocenters. The zero-order chi connectivity index (χ0) is 23.0. The van der Waals surface area contributed by atoms with Crippen LogP contribution < -0.4 is 5.32 Å². The van der Waals surface area contributed by atoms with Gasteiger partial charge in [-0.15, -0.1) is 0 Å². The SMILES string of the molecule is O=C(NCc1ncc(-c2ccccc2)[nH]1)c1[nH]c2ccc(Br)cc2c1S(=O)(=O)N1CCCC1. The average molecular weight is 528 g/mol. The van der Waals surface area contributed by atoms with Gasteiger partial charge in [-0.1, -0.05) is 46.3 Å². The fourth-order valence-corrected chi connectivity index (χ4v) is 6.30. The first-order valence-corrected chi connectivity index (χ1v) is 12.9. The molecule has 3 N–H and O–H groups in total. The first kappa shape index (κ1) is 21.9. The Balaban J connectivity index is 1.45. The number of nitrogens with one attached hydrogen (secondary N) is 3. The number of nitrogens with zero attached hydrogens (tertiary/aromatic N) is 2. The standard InChI is InChI=1S/C23H22BrN5O3S/c24-16-8-9-18-17(12-16)22(33(31,32)29-10-4-5-11-29)21(28-18)23(30)26-14-20-25-13-19(27-20)15-6-2-1-3-7-15/h1-3,6-9,12-13,28H,4-5,10-11,14H2,(H,25,27)(H,26,30). The predicted octanol–water partition coefficient (Wildman–Crippen LogP) is 4.04. The predicted molar refractivity (Wildman–Crippen MR) is 129 cm³/mol. The maximum absolute atomic E-state index is 13.5. The van der Waals surface area contributed by atoms with E-state index in [4.69, 9.17) is 0 Å². The van der Waals surface area contributed by atoms with E-state index in [1.807, 2.05) is 30.3 Å². The second kappa shape index (κ2) is 8.77. The summed E-state index contributed by atoms with van der Waals surface area (Å²) in [7, 11) is -3.83. The van der Waals surface area contributed by atoms with Crippen LogP contribution in [0.4, 0.5) is 0 Å². The number of hydrogen-bond donors (Lipinski definition) is 3. The summed E-state index contributed by atoms with van der Waals surface area (Å²) >= 11 is 3.41. The molecular formula is C23H22BrN5O3S. The first-order chi connectivity index (χ1) is 15.9. The fourth-order valence-electron chi connectivity index (χ4n) is 4.09. The molecule has 33 heavy (non-hydrogen) atoms. The van der Waals surface area contributed by atoms with Gasteiger partial charge in [0.05, 0.1) is 18.4 Å². The highest BCUT2D eigenvalue weighted by atomic mass is 79.9. The Hall–Kier alpha value is -2.95. The normalized spacial score (nSPS) is 14.7. The van der Waals surface area contributed by atoms with Crippen molar-refractivity contribution in [2.45, 2.75) is 24.3 Å². The highest BCUT2D eigenvalue weighted by molar-refractivity contribution is 9.10. The number of rotatable bonds is 6. The number of amides is 1. The molecule has 0 spiro atoms. The molecule has 3 heterocycles. The van der Waals surface area contributed by atoms with Crippen molar-refractivity contribution in [2.75, 3.05) is 13.1 Å². The van der Waals surface area contributed by atoms with Crippen LogP contribution in [0.1, 0.15) is 29.2 Å². The lowest BCUT2D eigenvalue weighted by atomic mass is 10.2. The van der Waals surface area contributed by atoms with E-state index >= 15 is 0 Å². The number of aromatic amines is 2. The Morgan fingerprint density at radius 3 is 2.61 bits per heavy atom. The lowest BCUT2D eigenvalue weighted by Gasteiger charge is -2.16. The largest absolute Gasteiger partial charge is 0.349 e. The third-order valence-corrected chi connectivity index (χ3v) is 8.21. The number of carbonyl (C=O) groups is 1. The number of aromatic nitrogens is 3. The number of hydrogen-bond acceptors (Lipinski definition) is 4. The van der Waals surface area contributed by atoms with E-state index in [9.17, 15) is 13.2 Å². The first-order valence-electron chi connectivity index (χ1n) is 10.6. The minimum Gasteiger partial charge on any atom is -0.349 e. The zero-order valence-corrected chi connectivity index (χ0v) is 20.0. The maximum atomic E-state index is 13.5. The third-order valence-electron chi connectivity index (χ3n) is 5.73. The lowest BCUT2D eigenvalue weighted by molar-refractivity contribution is 0.0942. The Morgan fingerprint density at radius 1 is 1.09 bits per heavy atom. The summed E-state index contributed by atoms with van der Waals surface area (Å²) < 4.78 is 29.1. The van der Waals surface area contributed by atoms with Crippen LogP contribution in [0.5, 0.6) is 0 Å². The summed E-state index contributed by atoms with van der Waals surface area (Å²) in [5.74, 6) is 0.0720. The summed E-state index contributed by atoms with van der Waals surface area (Å²) in [6, 6.07) is 15.0. The number of carbonyl (C=O) groups excluding carboxylic acids is 1. The van der Waals surface area contributed by atoms with Gasteiger partial charge in [0.15, 0.2) is 0 Å². The van der Waals surface area contributed by atoms with Crippen molar-refractivity contribution < 1.29 is 13.2 Å². The van der Waals surface area contributed by atoms with Crippen molar-refractivity contribution in [3.63, 3.8) is 0 Å². The molecule has 0 atom stereocenters. The average Bonchev–Trinajstić information content (AvgIpc) is 3.57. The van der Waals surface area contributed by atoms with Gasteiger partial charge in [-0.25, -0.2) is 13.4 Å². The van der Waals surface area contributed by atoms with E-state index in [0.717, 1.165) is 28.6 Å². The highest BCUT2D eigenvalue weighted by Crippen LogP contribution is 2.33. The molecule has 170 valence electrons. The smallest absolute Gasteiger partial charge is 0.269 e. The molecule has 5 rings (SSSR count). The number of halogens is 1. The summed E-state index contributed by atoms with van der Waals surface area (Å²) in [6.07, 6.45) is 3.34. The van der Waals surface area contributed by atoms with E-state index in [-0.39, 0.29) is 17.1 Å². The van der Waals surface area contributed by atoms with Crippen molar-refractivity contribution in [2.24, 2.45) is 0 Å². The quantitative estimate of drug-likeness (QED) is 0.351. The zero-order valence-electron chi connectivity index (χ0n) is 17.6. The molecule has 2 aromatic carbocycles. The summed E-state index contributed by atoms with van der Waals surface area (Å²) in [5, 5.41) is 3.29. The van der Waals surface area contributed by atoms with Gasteiger partial charge in [-0.2, -0.15) is 4.31 Å². The number of sulfonamides is 1. The molecule has 1 saturated heterocycles. The Kier molecular flexibility index (Phi) is 5.81. The topological polar surface area (TPSA) is 111 Å². The molecule has 1 amide bonds. The van der Waals surface area contributed by atoms with Crippen LogP contribution in [-0.2, 0) is 16.6 Å². The van der Waals surface area contributed by atoms with Crippen LogP contribution in [0, 0.1) is 0 Å². The minimum atomic E-state index is -3.83. The van der Waals surface area contributed by atoms with E-state index in [0.29, 0.717) is 29.8 Å². The van der Waals surface area contributed by atoms with Crippen LogP contribution in [0.3, 0.4) is 0 Å². The highest BCUT2D eigenvalue weighted by Gasteiger charge is 2.34. The van der Waals surface area contributed by atoms with Crippen molar-refractivity contribution in [3.8, 4) is 11.3 Å². The number of fused-ring (bicyclic) bond motifs is 1. The minimum absolute atomic E-state index is 0.0163. The van der Waals surface area contributed by atoms with Gasteiger partial charge in [0, 0.05) is 28.5 Å². The van der Waals surface area contributed by atoms with Gasteiger partial charge < -0.3 is 15.3 Å². The van der Waals surface area contributed by atoms with Gasteiger partial charge in [0.2, 0.25) is 10.0 Å². The van der Waals surface area contributed by atoms with Crippen molar-refractivity contribution >= 4 is 42.8 Å². The van der Waals surface area contributed by atoms with Crippen LogP contribution >= 0.6 is 15.9 Å². The van der Waals surface area contributed by atoms with Crippen LogP contribution in [-0.4, -0.2) is 46.7 Å². The number of imidazole rings is 1. The Bertz CT molecular complexity index is 1420. The molecule has 2 aromatic heterocycles. The molecule has 10 heteroatoms. The number of H-pyrrole nitrogens is 2. The lowest BCUT2D eigenvalue weighted by Crippen LogP contribution is -2.31. The van der Waals surface area contributed by atoms with Crippen molar-refractivity contribution in [1.82, 2.24) is 24.6 Å². The second-order valence-corrected chi connectivity index (χ2v) is 10.7. The number of benzene rings is 2. The molecule has 1 aliphatic rings. The Morgan fingerprint density at radius 2 is 1.85 bits per heavy atom. The van der Waals surface area contributed by atoms with Crippen LogP contribution in [0.15, 0.2) is 64.1 Å². The van der Waals surface area contributed by atoms with Gasteiger partial charge in [0.25, 0.3) is 5.91 Å². The molecule has 1 fully saturated rings. The molecular weight excluding hydrogens is 506 g/mol. The maximum Gasteiger partial charge on any atom is 0.269 e. The molecule has 0 bridgehead atoms. The van der Waals surface area contributed by atoms with E-state index in [2.05, 4.69) is 36.2 Å². The molecule has 1 aliphatic heterocycles. The molecule has 0 radical (unpaired) electrons. The third kappa shape index (κ3) is 4.21. The summed E-state index contributed by atoms with van der Waals surface area (Å²) in [5.41, 5.74) is 2.45.